The Kier molecular flexibility index (Phi) is 13.0. The van der Waals surface area contributed by atoms with E-state index in [0.29, 0.717) is 19.6 Å². The molecule has 3 aromatic heterocycles. The van der Waals surface area contributed by atoms with Crippen molar-refractivity contribution in [1.29, 1.82) is 0 Å². The van der Waals surface area contributed by atoms with Crippen LogP contribution in [0.15, 0.2) is 72.8 Å². The number of aromatic nitrogens is 3. The summed E-state index contributed by atoms with van der Waals surface area (Å²) < 4.78 is 4.94. The van der Waals surface area contributed by atoms with E-state index in [1.54, 1.807) is 0 Å². The van der Waals surface area contributed by atoms with Gasteiger partial charge in [0.1, 0.15) is 0 Å². The van der Waals surface area contributed by atoms with Crippen LogP contribution in [-0.2, 0) is 42.9 Å². The van der Waals surface area contributed by atoms with E-state index in [0.717, 1.165) is 47.4 Å². The zero-order valence-electron chi connectivity index (χ0n) is 32.5. The molecule has 1 aliphatic rings. The second-order valence-electron chi connectivity index (χ2n) is 14.8. The topological polar surface area (TPSA) is 54.8 Å². The van der Waals surface area contributed by atoms with Gasteiger partial charge in [-0.2, -0.15) is 0 Å². The number of ether oxygens (including phenoxy) is 1. The number of rotatable bonds is 9. The molecular weight excluding hydrogens is 675 g/mol. The SMILES string of the molecule is C1CCOC1.Cc1cc(C)c(-c2ccc(CN(Cc3ccc(-c4c(C)cc(C)cc4C)[n-]3)Cc3ccc(-c4c(C)cc(C)cc4C)[n-]3)[n-]2)c(C)c1.[V+4]. The molecule has 3 aromatic carbocycles. The molecule has 4 heterocycles. The van der Waals surface area contributed by atoms with Gasteiger partial charge in [-0.15, -0.1) is 34.2 Å². The molecule has 6 heteroatoms. The van der Waals surface area contributed by atoms with E-state index in [1.165, 1.54) is 79.6 Å². The second kappa shape index (κ2) is 17.2. The van der Waals surface area contributed by atoms with Gasteiger partial charge in [-0.3, -0.25) is 4.90 Å². The summed E-state index contributed by atoms with van der Waals surface area (Å²) in [7, 11) is 0. The maximum atomic E-state index is 5.14. The van der Waals surface area contributed by atoms with E-state index >= 15 is 0 Å². The Morgan fingerprint density at radius 2 is 0.712 bits per heavy atom. The summed E-state index contributed by atoms with van der Waals surface area (Å²) in [6.45, 7) is 23.7. The maximum Gasteiger partial charge on any atom is 4.00 e. The molecule has 7 rings (SSSR count). The van der Waals surface area contributed by atoms with Gasteiger partial charge in [0.2, 0.25) is 0 Å². The van der Waals surface area contributed by atoms with E-state index < -0.39 is 0 Å². The molecule has 5 nitrogen and oxygen atoms in total. The predicted molar refractivity (Wildman–Crippen MR) is 211 cm³/mol. The third-order valence-electron chi connectivity index (χ3n) is 9.88. The quantitative estimate of drug-likeness (QED) is 0.148. The first-order valence-corrected chi connectivity index (χ1v) is 18.4. The van der Waals surface area contributed by atoms with Crippen LogP contribution in [0.2, 0.25) is 0 Å². The summed E-state index contributed by atoms with van der Waals surface area (Å²) in [5.41, 5.74) is 21.5. The maximum absolute atomic E-state index is 5.14. The zero-order chi connectivity index (χ0) is 36.2. The van der Waals surface area contributed by atoms with Gasteiger partial charge in [-0.05, 0) is 125 Å². The normalized spacial score (nSPS) is 12.6. The van der Waals surface area contributed by atoms with Crippen molar-refractivity contribution in [2.45, 2.75) is 94.8 Å². The third kappa shape index (κ3) is 9.32. The largest absolute Gasteiger partial charge is 4.00 e. The van der Waals surface area contributed by atoms with Crippen LogP contribution in [0.4, 0.5) is 0 Å². The van der Waals surface area contributed by atoms with Crippen LogP contribution in [0, 0.1) is 62.3 Å². The molecule has 1 saturated heterocycles. The molecule has 0 unspecified atom stereocenters. The Balaban J connectivity index is 0.000000803. The molecule has 0 amide bonds. The van der Waals surface area contributed by atoms with Crippen molar-refractivity contribution >= 4 is 0 Å². The molecule has 1 radical (unpaired) electrons. The fourth-order valence-electron chi connectivity index (χ4n) is 8.01. The number of aryl methyl sites for hydroxylation is 9. The van der Waals surface area contributed by atoms with Crippen molar-refractivity contribution in [1.82, 2.24) is 19.9 Å². The van der Waals surface area contributed by atoms with Crippen molar-refractivity contribution in [3.05, 3.63) is 140 Å². The summed E-state index contributed by atoms with van der Waals surface area (Å²) in [5.74, 6) is 0. The van der Waals surface area contributed by atoms with Gasteiger partial charge in [-0.25, -0.2) is 0 Å². The van der Waals surface area contributed by atoms with Crippen LogP contribution in [0.3, 0.4) is 0 Å². The van der Waals surface area contributed by atoms with Crippen LogP contribution in [0.1, 0.15) is 80.0 Å². The number of hydrogen-bond acceptors (Lipinski definition) is 2. The first-order valence-electron chi connectivity index (χ1n) is 18.4. The smallest absolute Gasteiger partial charge is 0.660 e. The van der Waals surface area contributed by atoms with E-state index in [2.05, 4.69) is 140 Å². The fraction of sp³-hybridized carbons (Fsp3) is 0.348. The molecule has 1 aliphatic heterocycles. The van der Waals surface area contributed by atoms with Crippen LogP contribution in [-0.4, -0.2) is 18.1 Å². The minimum Gasteiger partial charge on any atom is -0.660 e. The standard InChI is InChI=1S/C42H45N4.C4H8O.V/c1-25-16-28(4)40(29(5)17-25)37-13-10-34(43-37)22-46(23-35-11-14-38(44-35)41-30(6)18-26(2)19-31(41)7)24-36-12-15-39(45-36)42-32(8)20-27(3)21-33(42)9;1-2-4-5-3-1;/h10-21H,22-24H2,1-9H3;1-4H2;/q-3;;+4. The van der Waals surface area contributed by atoms with Gasteiger partial charge in [0.25, 0.3) is 0 Å². The summed E-state index contributed by atoms with van der Waals surface area (Å²) in [5, 5.41) is 0. The van der Waals surface area contributed by atoms with E-state index in [-0.39, 0.29) is 18.6 Å². The molecular formula is C46H53N4OV+. The minimum absolute atomic E-state index is 0. The van der Waals surface area contributed by atoms with Gasteiger partial charge in [0, 0.05) is 32.8 Å². The predicted octanol–water partition coefficient (Wildman–Crippen LogP) is 10.3. The first-order chi connectivity index (χ1) is 24.4. The molecule has 0 saturated carbocycles. The Labute approximate surface area is 323 Å². The summed E-state index contributed by atoms with van der Waals surface area (Å²) in [4.78, 5) is 17.8. The Bertz CT molecular complexity index is 1820. The fourth-order valence-corrected chi connectivity index (χ4v) is 8.01. The van der Waals surface area contributed by atoms with Gasteiger partial charge >= 0.3 is 18.6 Å². The van der Waals surface area contributed by atoms with Crippen LogP contribution < -0.4 is 15.0 Å². The average Bonchev–Trinajstić information content (AvgIpc) is 3.87. The van der Waals surface area contributed by atoms with Crippen LogP contribution in [0.25, 0.3) is 33.8 Å². The number of nitrogens with zero attached hydrogens (tertiary/aromatic N) is 4. The summed E-state index contributed by atoms with van der Waals surface area (Å²) >= 11 is 0. The number of benzene rings is 3. The monoisotopic (exact) mass is 728 g/mol. The van der Waals surface area contributed by atoms with Gasteiger partial charge in [-0.1, -0.05) is 89.5 Å². The molecule has 0 bridgehead atoms. The van der Waals surface area contributed by atoms with Gasteiger partial charge in [0.05, 0.1) is 0 Å². The number of hydrogen-bond donors (Lipinski definition) is 0. The Hall–Kier alpha value is -4.00. The molecule has 6 aromatic rings. The minimum atomic E-state index is 0. The molecule has 0 spiro atoms. The van der Waals surface area contributed by atoms with Gasteiger partial charge in [0.15, 0.2) is 0 Å². The molecule has 52 heavy (non-hydrogen) atoms. The molecule has 0 aliphatic carbocycles. The van der Waals surface area contributed by atoms with Crippen molar-refractivity contribution in [2.24, 2.45) is 0 Å². The van der Waals surface area contributed by atoms with Crippen LogP contribution >= 0.6 is 0 Å². The summed E-state index contributed by atoms with van der Waals surface area (Å²) in [6.07, 6.45) is 2.56. The Morgan fingerprint density at radius 3 is 0.942 bits per heavy atom. The second-order valence-corrected chi connectivity index (χ2v) is 14.8. The van der Waals surface area contributed by atoms with Crippen molar-refractivity contribution in [3.8, 4) is 33.8 Å². The van der Waals surface area contributed by atoms with E-state index in [1.807, 2.05) is 0 Å². The molecule has 1 fully saturated rings. The van der Waals surface area contributed by atoms with E-state index in [4.69, 9.17) is 19.7 Å². The Morgan fingerprint density at radius 1 is 0.442 bits per heavy atom. The molecule has 0 N–H and O–H groups in total. The third-order valence-corrected chi connectivity index (χ3v) is 9.88. The first kappa shape index (κ1) is 39.2. The molecule has 0 atom stereocenters. The van der Waals surface area contributed by atoms with Gasteiger partial charge < -0.3 is 19.7 Å². The van der Waals surface area contributed by atoms with Crippen molar-refractivity contribution < 1.29 is 23.3 Å². The van der Waals surface area contributed by atoms with Crippen LogP contribution in [0.5, 0.6) is 0 Å². The van der Waals surface area contributed by atoms with Crippen molar-refractivity contribution in [2.75, 3.05) is 13.2 Å². The summed E-state index contributed by atoms with van der Waals surface area (Å²) in [6, 6.07) is 26.5. The van der Waals surface area contributed by atoms with E-state index in [9.17, 15) is 0 Å². The average molecular weight is 729 g/mol. The zero-order valence-corrected chi connectivity index (χ0v) is 33.9. The molecule has 267 valence electrons. The van der Waals surface area contributed by atoms with Crippen molar-refractivity contribution in [3.63, 3.8) is 0 Å².